The zero-order valence-corrected chi connectivity index (χ0v) is 16.5. The fraction of sp³-hybridized carbons (Fsp3) is 0.333. The maximum absolute atomic E-state index is 13.2. The standard InChI is InChI=1S/C24H23ClO2/c1-3-15-4-9-18(20-11-10-19(25)12-14(20)2)13-21(15)22-23(26)16-5-6-17(8-7-16)24(22)27/h4-5,9-13,17,22H,3,6-8H2,1-2H3/t17-,22?/m1/s1. The average Bonchev–Trinajstić information content (AvgIpc) is 2.86. The van der Waals surface area contributed by atoms with Crippen LogP contribution < -0.4 is 0 Å². The average molecular weight is 379 g/mol. The number of hydrogen-bond acceptors (Lipinski definition) is 2. The van der Waals surface area contributed by atoms with Gasteiger partial charge in [0.15, 0.2) is 11.6 Å². The Hall–Kier alpha value is -2.19. The van der Waals surface area contributed by atoms with Crippen molar-refractivity contribution >= 4 is 23.2 Å². The first-order valence-electron chi connectivity index (χ1n) is 9.66. The van der Waals surface area contributed by atoms with E-state index in [4.69, 9.17) is 11.6 Å². The monoisotopic (exact) mass is 378 g/mol. The van der Waals surface area contributed by atoms with Crippen LogP contribution in [0.1, 0.15) is 48.8 Å². The zero-order chi connectivity index (χ0) is 19.1. The number of fused-ring (bicyclic) bond motifs is 4. The molecule has 5 rings (SSSR count). The van der Waals surface area contributed by atoms with Gasteiger partial charge in [0.2, 0.25) is 0 Å². The van der Waals surface area contributed by atoms with Crippen molar-refractivity contribution in [2.75, 3.05) is 0 Å². The van der Waals surface area contributed by atoms with Gasteiger partial charge in [-0.05, 0) is 84.2 Å². The molecule has 1 unspecified atom stereocenters. The molecule has 2 bridgehead atoms. The van der Waals surface area contributed by atoms with Crippen LogP contribution in [-0.2, 0) is 16.0 Å². The Morgan fingerprint density at radius 1 is 1.11 bits per heavy atom. The first-order chi connectivity index (χ1) is 13.0. The van der Waals surface area contributed by atoms with Crippen LogP contribution in [0, 0.1) is 12.8 Å². The highest BCUT2D eigenvalue weighted by molar-refractivity contribution is 6.30. The van der Waals surface area contributed by atoms with Crippen molar-refractivity contribution in [2.45, 2.75) is 45.4 Å². The summed E-state index contributed by atoms with van der Waals surface area (Å²) in [5, 5.41) is 0.708. The maximum Gasteiger partial charge on any atom is 0.173 e. The number of Topliss-reactive ketones (excluding diaryl/α,β-unsaturated/α-hetero) is 2. The fourth-order valence-corrected chi connectivity index (χ4v) is 4.69. The lowest BCUT2D eigenvalue weighted by molar-refractivity contribution is -0.128. The molecule has 0 amide bonds. The number of aryl methyl sites for hydroxylation is 2. The van der Waals surface area contributed by atoms with Gasteiger partial charge < -0.3 is 0 Å². The second kappa shape index (κ2) is 7.09. The number of benzene rings is 2. The molecule has 2 aromatic rings. The number of hydrogen-bond donors (Lipinski definition) is 0. The van der Waals surface area contributed by atoms with Crippen LogP contribution in [0.5, 0.6) is 0 Å². The number of carbonyl (C=O) groups excluding carboxylic acids is 2. The van der Waals surface area contributed by atoms with E-state index in [1.165, 1.54) is 0 Å². The fourth-order valence-electron chi connectivity index (χ4n) is 4.47. The molecule has 1 fully saturated rings. The second-order valence-corrected chi connectivity index (χ2v) is 8.06. The quantitative estimate of drug-likeness (QED) is 0.629. The van der Waals surface area contributed by atoms with Crippen LogP contribution in [-0.4, -0.2) is 11.6 Å². The summed E-state index contributed by atoms with van der Waals surface area (Å²) in [5.74, 6) is -0.548. The molecule has 1 saturated carbocycles. The van der Waals surface area contributed by atoms with E-state index in [-0.39, 0.29) is 17.5 Å². The first-order valence-corrected chi connectivity index (χ1v) is 10.0. The summed E-state index contributed by atoms with van der Waals surface area (Å²) in [6, 6.07) is 12.0. The molecule has 0 spiro atoms. The molecule has 138 valence electrons. The molecule has 3 aliphatic carbocycles. The third-order valence-corrected chi connectivity index (χ3v) is 6.25. The smallest absolute Gasteiger partial charge is 0.173 e. The van der Waals surface area contributed by atoms with E-state index in [0.29, 0.717) is 11.4 Å². The lowest BCUT2D eigenvalue weighted by Gasteiger charge is -2.20. The van der Waals surface area contributed by atoms with Crippen LogP contribution in [0.15, 0.2) is 48.0 Å². The molecular weight excluding hydrogens is 356 g/mol. The molecule has 3 heteroatoms. The molecule has 2 nitrogen and oxygen atoms in total. The first kappa shape index (κ1) is 18.2. The van der Waals surface area contributed by atoms with Crippen molar-refractivity contribution < 1.29 is 9.59 Å². The summed E-state index contributed by atoms with van der Waals surface area (Å²) in [6.45, 7) is 4.10. The summed E-state index contributed by atoms with van der Waals surface area (Å²) in [7, 11) is 0. The van der Waals surface area contributed by atoms with E-state index in [9.17, 15) is 9.59 Å². The topological polar surface area (TPSA) is 34.1 Å². The van der Waals surface area contributed by atoms with Gasteiger partial charge >= 0.3 is 0 Å². The summed E-state index contributed by atoms with van der Waals surface area (Å²) < 4.78 is 0. The third kappa shape index (κ3) is 3.17. The van der Waals surface area contributed by atoms with E-state index in [0.717, 1.165) is 52.7 Å². The predicted molar refractivity (Wildman–Crippen MR) is 109 cm³/mol. The molecule has 27 heavy (non-hydrogen) atoms. The highest BCUT2D eigenvalue weighted by Crippen LogP contribution is 2.40. The molecule has 3 aliphatic rings. The van der Waals surface area contributed by atoms with Gasteiger partial charge in [-0.3, -0.25) is 9.59 Å². The molecular formula is C24H23ClO2. The minimum Gasteiger partial charge on any atom is -0.298 e. The minimum atomic E-state index is -0.645. The number of ketones is 2. The lowest BCUT2D eigenvalue weighted by atomic mass is 9.81. The molecule has 0 N–H and O–H groups in total. The minimum absolute atomic E-state index is 0.0136. The summed E-state index contributed by atoms with van der Waals surface area (Å²) in [6.07, 6.45) is 5.06. The number of halogens is 1. The van der Waals surface area contributed by atoms with Gasteiger partial charge in [0.05, 0.1) is 0 Å². The van der Waals surface area contributed by atoms with Gasteiger partial charge in [0.25, 0.3) is 0 Å². The van der Waals surface area contributed by atoms with Crippen LogP contribution in [0.3, 0.4) is 0 Å². The van der Waals surface area contributed by atoms with Gasteiger partial charge in [-0.25, -0.2) is 0 Å². The van der Waals surface area contributed by atoms with Crippen molar-refractivity contribution in [3.63, 3.8) is 0 Å². The van der Waals surface area contributed by atoms with Gasteiger partial charge in [-0.15, -0.1) is 0 Å². The third-order valence-electron chi connectivity index (χ3n) is 6.01. The molecule has 0 aliphatic heterocycles. The Bertz CT molecular complexity index is 970. The van der Waals surface area contributed by atoms with Crippen molar-refractivity contribution in [1.82, 2.24) is 0 Å². The number of carbonyl (C=O) groups is 2. The molecule has 0 aromatic heterocycles. The van der Waals surface area contributed by atoms with Crippen molar-refractivity contribution in [1.29, 1.82) is 0 Å². The Morgan fingerprint density at radius 3 is 2.59 bits per heavy atom. The molecule has 0 saturated heterocycles. The summed E-state index contributed by atoms with van der Waals surface area (Å²) in [5.41, 5.74) is 6.01. The zero-order valence-electron chi connectivity index (χ0n) is 15.7. The van der Waals surface area contributed by atoms with Gasteiger partial charge in [-0.1, -0.05) is 42.8 Å². The van der Waals surface area contributed by atoms with E-state index in [2.05, 4.69) is 25.1 Å². The van der Waals surface area contributed by atoms with Crippen molar-refractivity contribution in [3.05, 3.63) is 69.8 Å². The SMILES string of the molecule is CCc1ccc(-c2ccc(Cl)cc2C)cc1C1C(=O)C2=CC[C@H](CC2)C1=O. The van der Waals surface area contributed by atoms with Crippen LogP contribution >= 0.6 is 11.6 Å². The van der Waals surface area contributed by atoms with Gasteiger partial charge in [-0.2, -0.15) is 0 Å². The van der Waals surface area contributed by atoms with E-state index in [1.54, 1.807) is 0 Å². The Morgan fingerprint density at radius 2 is 1.93 bits per heavy atom. The second-order valence-electron chi connectivity index (χ2n) is 7.63. The molecule has 2 atom stereocenters. The lowest BCUT2D eigenvalue weighted by Crippen LogP contribution is -2.25. The normalized spacial score (nSPS) is 22.0. The highest BCUT2D eigenvalue weighted by atomic mass is 35.5. The molecule has 0 heterocycles. The summed E-state index contributed by atoms with van der Waals surface area (Å²) >= 11 is 6.10. The van der Waals surface area contributed by atoms with Crippen LogP contribution in [0.4, 0.5) is 0 Å². The van der Waals surface area contributed by atoms with E-state index < -0.39 is 5.92 Å². The van der Waals surface area contributed by atoms with Crippen LogP contribution in [0.25, 0.3) is 11.1 Å². The van der Waals surface area contributed by atoms with Gasteiger partial charge in [0.1, 0.15) is 5.92 Å². The number of rotatable bonds is 3. The molecule has 2 aromatic carbocycles. The largest absolute Gasteiger partial charge is 0.298 e. The predicted octanol–water partition coefficient (Wildman–Crippen LogP) is 5.84. The Kier molecular flexibility index (Phi) is 4.77. The van der Waals surface area contributed by atoms with E-state index in [1.807, 2.05) is 31.2 Å². The Labute approximate surface area is 165 Å². The summed E-state index contributed by atoms with van der Waals surface area (Å²) in [4.78, 5) is 26.3. The highest BCUT2D eigenvalue weighted by Gasteiger charge is 2.41. The van der Waals surface area contributed by atoms with Crippen LogP contribution in [0.2, 0.25) is 5.02 Å². The maximum atomic E-state index is 13.2. The van der Waals surface area contributed by atoms with Crippen molar-refractivity contribution in [2.24, 2.45) is 5.92 Å². The molecule has 0 radical (unpaired) electrons. The van der Waals surface area contributed by atoms with E-state index >= 15 is 0 Å². The van der Waals surface area contributed by atoms with Crippen molar-refractivity contribution in [3.8, 4) is 11.1 Å². The van der Waals surface area contributed by atoms with Gasteiger partial charge in [0, 0.05) is 10.9 Å². The Balaban J connectivity index is 1.85. The number of allylic oxidation sites excluding steroid dienone is 2.